The Morgan fingerprint density at radius 1 is 0.880 bits per heavy atom. The molecule has 0 aliphatic rings. The lowest BCUT2D eigenvalue weighted by Gasteiger charge is -2.12. The van der Waals surface area contributed by atoms with E-state index in [9.17, 15) is 0 Å². The molecule has 1 aromatic carbocycles. The van der Waals surface area contributed by atoms with Crippen LogP contribution in [0.4, 0.5) is 0 Å². The number of hydrogen-bond acceptors (Lipinski definition) is 6. The zero-order chi connectivity index (χ0) is 17.8. The Hall–Kier alpha value is -2.60. The third-order valence-electron chi connectivity index (χ3n) is 3.85. The summed E-state index contributed by atoms with van der Waals surface area (Å²) in [6, 6.07) is 9.67. The van der Waals surface area contributed by atoms with Gasteiger partial charge in [-0.1, -0.05) is 11.8 Å². The molecular formula is C19H19N3O2S. The van der Waals surface area contributed by atoms with Gasteiger partial charge in [-0.2, -0.15) is 0 Å². The third kappa shape index (κ3) is 3.74. The van der Waals surface area contributed by atoms with Crippen molar-refractivity contribution in [2.24, 2.45) is 0 Å². The molecule has 0 aliphatic heterocycles. The van der Waals surface area contributed by atoms with Crippen LogP contribution in [-0.4, -0.2) is 29.2 Å². The molecule has 0 spiro atoms. The van der Waals surface area contributed by atoms with E-state index in [2.05, 4.69) is 9.97 Å². The number of ether oxygens (including phenoxy) is 2. The summed E-state index contributed by atoms with van der Waals surface area (Å²) in [5.74, 6) is 2.11. The van der Waals surface area contributed by atoms with Gasteiger partial charge in [0, 0.05) is 34.1 Å². The third-order valence-corrected chi connectivity index (χ3v) is 4.93. The first-order valence-corrected chi connectivity index (χ1v) is 8.59. The second-order valence-corrected chi connectivity index (χ2v) is 6.48. The van der Waals surface area contributed by atoms with Crippen molar-refractivity contribution in [3.63, 3.8) is 0 Å². The molecule has 0 aliphatic carbocycles. The Kier molecular flexibility index (Phi) is 5.19. The van der Waals surface area contributed by atoms with Gasteiger partial charge in [-0.3, -0.25) is 4.98 Å². The average Bonchev–Trinajstić information content (AvgIpc) is 2.65. The molecule has 0 bridgehead atoms. The van der Waals surface area contributed by atoms with Gasteiger partial charge in [0.25, 0.3) is 0 Å². The van der Waals surface area contributed by atoms with Gasteiger partial charge in [-0.05, 0) is 44.2 Å². The van der Waals surface area contributed by atoms with E-state index in [1.54, 1.807) is 38.4 Å². The normalized spacial score (nSPS) is 10.6. The molecule has 2 heterocycles. The zero-order valence-electron chi connectivity index (χ0n) is 14.6. The van der Waals surface area contributed by atoms with Gasteiger partial charge in [0.1, 0.15) is 5.03 Å². The minimum Gasteiger partial charge on any atom is -0.493 e. The summed E-state index contributed by atoms with van der Waals surface area (Å²) in [4.78, 5) is 14.4. The molecule has 128 valence electrons. The Balaban J connectivity index is 1.99. The summed E-state index contributed by atoms with van der Waals surface area (Å²) >= 11 is 1.58. The maximum Gasteiger partial charge on any atom is 0.161 e. The van der Waals surface area contributed by atoms with E-state index in [1.165, 1.54) is 0 Å². The molecular weight excluding hydrogens is 334 g/mol. The molecule has 0 unspecified atom stereocenters. The number of benzene rings is 1. The SMILES string of the molecule is COc1ccc(Sc2nc(-c3ccncc3)nc(C)c2C)cc1OC. The lowest BCUT2D eigenvalue weighted by Crippen LogP contribution is -1.99. The van der Waals surface area contributed by atoms with Crippen LogP contribution < -0.4 is 9.47 Å². The van der Waals surface area contributed by atoms with Gasteiger partial charge in [-0.15, -0.1) is 0 Å². The quantitative estimate of drug-likeness (QED) is 0.637. The van der Waals surface area contributed by atoms with Crippen LogP contribution in [0.15, 0.2) is 52.6 Å². The van der Waals surface area contributed by atoms with Crippen LogP contribution in [0.1, 0.15) is 11.3 Å². The van der Waals surface area contributed by atoms with Crippen LogP contribution in [0, 0.1) is 13.8 Å². The van der Waals surface area contributed by atoms with E-state index in [0.29, 0.717) is 17.3 Å². The van der Waals surface area contributed by atoms with E-state index in [0.717, 1.165) is 26.7 Å². The van der Waals surface area contributed by atoms with Gasteiger partial charge in [0.2, 0.25) is 0 Å². The average molecular weight is 353 g/mol. The number of methoxy groups -OCH3 is 2. The molecule has 2 aromatic heterocycles. The summed E-state index contributed by atoms with van der Waals surface area (Å²) in [5, 5.41) is 0.923. The van der Waals surface area contributed by atoms with Crippen LogP contribution in [0.2, 0.25) is 0 Å². The highest BCUT2D eigenvalue weighted by molar-refractivity contribution is 7.99. The molecule has 0 saturated carbocycles. The van der Waals surface area contributed by atoms with Crippen LogP contribution >= 0.6 is 11.8 Å². The topological polar surface area (TPSA) is 57.1 Å². The van der Waals surface area contributed by atoms with Gasteiger partial charge < -0.3 is 9.47 Å². The van der Waals surface area contributed by atoms with E-state index < -0.39 is 0 Å². The van der Waals surface area contributed by atoms with Crippen LogP contribution in [0.5, 0.6) is 11.5 Å². The molecule has 0 atom stereocenters. The monoisotopic (exact) mass is 353 g/mol. The summed E-state index contributed by atoms with van der Waals surface area (Å²) in [6.07, 6.45) is 3.49. The van der Waals surface area contributed by atoms with Gasteiger partial charge >= 0.3 is 0 Å². The standard InChI is InChI=1S/C19H19N3O2S/c1-12-13(2)21-18(14-7-9-20-10-8-14)22-19(12)25-15-5-6-16(23-3)17(11-15)24-4/h5-11H,1-4H3. The Morgan fingerprint density at radius 3 is 2.28 bits per heavy atom. The molecule has 3 aromatic rings. The second kappa shape index (κ2) is 7.53. The molecule has 0 N–H and O–H groups in total. The smallest absolute Gasteiger partial charge is 0.161 e. The summed E-state index contributed by atoms with van der Waals surface area (Å²) < 4.78 is 10.7. The summed E-state index contributed by atoms with van der Waals surface area (Å²) in [6.45, 7) is 4.04. The molecule has 6 heteroatoms. The summed E-state index contributed by atoms with van der Waals surface area (Å²) in [7, 11) is 3.26. The molecule has 0 radical (unpaired) electrons. The Labute approximate surface area is 151 Å². The second-order valence-electron chi connectivity index (χ2n) is 5.42. The number of hydrogen-bond donors (Lipinski definition) is 0. The predicted molar refractivity (Wildman–Crippen MR) is 98.4 cm³/mol. The zero-order valence-corrected chi connectivity index (χ0v) is 15.4. The van der Waals surface area contributed by atoms with E-state index in [-0.39, 0.29) is 0 Å². The number of aryl methyl sites for hydroxylation is 1. The molecule has 3 rings (SSSR count). The largest absolute Gasteiger partial charge is 0.493 e. The van der Waals surface area contributed by atoms with Crippen molar-refractivity contribution in [3.8, 4) is 22.9 Å². The summed E-state index contributed by atoms with van der Waals surface area (Å²) in [5.41, 5.74) is 2.98. The molecule has 0 fully saturated rings. The van der Waals surface area contributed by atoms with Gasteiger partial charge in [0.05, 0.1) is 14.2 Å². The Morgan fingerprint density at radius 2 is 1.60 bits per heavy atom. The van der Waals surface area contributed by atoms with Crippen molar-refractivity contribution in [1.29, 1.82) is 0 Å². The van der Waals surface area contributed by atoms with Crippen molar-refractivity contribution in [3.05, 3.63) is 54.0 Å². The maximum absolute atomic E-state index is 5.38. The minimum absolute atomic E-state index is 0.699. The highest BCUT2D eigenvalue weighted by atomic mass is 32.2. The molecule has 25 heavy (non-hydrogen) atoms. The molecule has 0 amide bonds. The fourth-order valence-corrected chi connectivity index (χ4v) is 3.28. The number of aromatic nitrogens is 3. The van der Waals surface area contributed by atoms with Crippen molar-refractivity contribution < 1.29 is 9.47 Å². The first-order valence-electron chi connectivity index (χ1n) is 7.78. The molecule has 0 saturated heterocycles. The molecule has 5 nitrogen and oxygen atoms in total. The van der Waals surface area contributed by atoms with Crippen molar-refractivity contribution in [1.82, 2.24) is 15.0 Å². The van der Waals surface area contributed by atoms with Gasteiger partial charge in [0.15, 0.2) is 17.3 Å². The number of rotatable bonds is 5. The fourth-order valence-electron chi connectivity index (χ4n) is 2.32. The highest BCUT2D eigenvalue weighted by Gasteiger charge is 2.13. The van der Waals surface area contributed by atoms with Crippen molar-refractivity contribution >= 4 is 11.8 Å². The van der Waals surface area contributed by atoms with E-state index >= 15 is 0 Å². The van der Waals surface area contributed by atoms with Crippen LogP contribution in [-0.2, 0) is 0 Å². The van der Waals surface area contributed by atoms with Crippen molar-refractivity contribution in [2.75, 3.05) is 14.2 Å². The lowest BCUT2D eigenvalue weighted by atomic mass is 10.2. The van der Waals surface area contributed by atoms with Gasteiger partial charge in [-0.25, -0.2) is 9.97 Å². The number of nitrogens with zero attached hydrogens (tertiary/aromatic N) is 3. The van der Waals surface area contributed by atoms with E-state index in [4.69, 9.17) is 14.5 Å². The van der Waals surface area contributed by atoms with Crippen molar-refractivity contribution in [2.45, 2.75) is 23.8 Å². The minimum atomic E-state index is 0.699. The lowest BCUT2D eigenvalue weighted by molar-refractivity contribution is 0.354. The fraction of sp³-hybridized carbons (Fsp3) is 0.211. The predicted octanol–water partition coefficient (Wildman–Crippen LogP) is 4.32. The number of pyridine rings is 1. The van der Waals surface area contributed by atoms with Crippen LogP contribution in [0.3, 0.4) is 0 Å². The highest BCUT2D eigenvalue weighted by Crippen LogP contribution is 2.36. The van der Waals surface area contributed by atoms with E-state index in [1.807, 2.05) is 44.2 Å². The Bertz CT molecular complexity index is 885. The van der Waals surface area contributed by atoms with Crippen LogP contribution in [0.25, 0.3) is 11.4 Å². The maximum atomic E-state index is 5.38. The first-order chi connectivity index (χ1) is 12.1. The first kappa shape index (κ1) is 17.2.